The minimum absolute atomic E-state index is 0.0346. The predicted molar refractivity (Wildman–Crippen MR) is 91.8 cm³/mol. The number of methoxy groups -OCH3 is 2. The first-order valence-electron chi connectivity index (χ1n) is 6.86. The third-order valence-corrected chi connectivity index (χ3v) is 3.57. The molecule has 0 heterocycles. The van der Waals surface area contributed by atoms with E-state index in [0.29, 0.717) is 22.6 Å². The van der Waals surface area contributed by atoms with E-state index in [1.54, 1.807) is 43.5 Å². The molecule has 2 aromatic carbocycles. The first-order valence-corrected chi connectivity index (χ1v) is 6.86. The number of nitro groups is 1. The lowest BCUT2D eigenvalue weighted by atomic mass is 9.93. The smallest absolute Gasteiger partial charge is 0.280 e. The average molecular weight is 311 g/mol. The van der Waals surface area contributed by atoms with Crippen molar-refractivity contribution in [2.75, 3.05) is 14.2 Å². The first kappa shape index (κ1) is 16.3. The number of rotatable bonds is 6. The Bertz CT molecular complexity index is 781. The summed E-state index contributed by atoms with van der Waals surface area (Å²) in [5.74, 6) is 1.06. The molecule has 0 atom stereocenters. The molecule has 118 valence electrons. The minimum atomic E-state index is -0.428. The van der Waals surface area contributed by atoms with Crippen molar-refractivity contribution < 1.29 is 14.4 Å². The summed E-state index contributed by atoms with van der Waals surface area (Å²) < 4.78 is 10.4. The van der Waals surface area contributed by atoms with E-state index in [-0.39, 0.29) is 5.69 Å². The Morgan fingerprint density at radius 1 is 1.00 bits per heavy atom. The molecule has 0 aliphatic carbocycles. The monoisotopic (exact) mass is 311 g/mol. The standard InChI is InChI=1S/C18H17NO4/c1-5-13-14(6-2)18(23-4)10-9-15(13)16-8-7-12(22-3)11-17(16)19(20)21/h5-11H,1-2H2,3-4H3. The zero-order valence-corrected chi connectivity index (χ0v) is 13.0. The van der Waals surface area contributed by atoms with Crippen molar-refractivity contribution in [2.24, 2.45) is 0 Å². The third kappa shape index (κ3) is 2.94. The molecule has 2 rings (SSSR count). The van der Waals surface area contributed by atoms with Gasteiger partial charge >= 0.3 is 0 Å². The van der Waals surface area contributed by atoms with Crippen LogP contribution in [0, 0.1) is 10.1 Å². The number of hydrogen-bond donors (Lipinski definition) is 0. The Balaban J connectivity index is 2.79. The maximum absolute atomic E-state index is 11.4. The maximum Gasteiger partial charge on any atom is 0.280 e. The van der Waals surface area contributed by atoms with Crippen molar-refractivity contribution in [3.05, 3.63) is 64.7 Å². The quantitative estimate of drug-likeness (QED) is 0.579. The topological polar surface area (TPSA) is 61.6 Å². The second-order valence-corrected chi connectivity index (χ2v) is 4.69. The van der Waals surface area contributed by atoms with Crippen LogP contribution in [0.15, 0.2) is 43.5 Å². The molecule has 0 radical (unpaired) electrons. The molecular formula is C18H17NO4. The van der Waals surface area contributed by atoms with Crippen molar-refractivity contribution >= 4 is 17.8 Å². The zero-order valence-electron chi connectivity index (χ0n) is 13.0. The van der Waals surface area contributed by atoms with E-state index < -0.39 is 4.92 Å². The number of ether oxygens (including phenoxy) is 2. The van der Waals surface area contributed by atoms with Crippen LogP contribution in [0.25, 0.3) is 23.3 Å². The summed E-state index contributed by atoms with van der Waals surface area (Å²) in [5, 5.41) is 11.4. The van der Waals surface area contributed by atoms with Gasteiger partial charge in [0, 0.05) is 5.56 Å². The van der Waals surface area contributed by atoms with E-state index in [1.165, 1.54) is 13.2 Å². The van der Waals surface area contributed by atoms with Gasteiger partial charge in [0.25, 0.3) is 5.69 Å². The van der Waals surface area contributed by atoms with Crippen LogP contribution in [0.2, 0.25) is 0 Å². The van der Waals surface area contributed by atoms with Crippen LogP contribution in [0.1, 0.15) is 11.1 Å². The van der Waals surface area contributed by atoms with Crippen molar-refractivity contribution in [3.63, 3.8) is 0 Å². The summed E-state index contributed by atoms with van der Waals surface area (Å²) in [7, 11) is 3.03. The fourth-order valence-corrected chi connectivity index (χ4v) is 2.48. The van der Waals surface area contributed by atoms with Gasteiger partial charge in [0.2, 0.25) is 0 Å². The van der Waals surface area contributed by atoms with E-state index in [1.807, 2.05) is 0 Å². The Kier molecular flexibility index (Phi) is 4.81. The van der Waals surface area contributed by atoms with E-state index in [9.17, 15) is 10.1 Å². The van der Waals surface area contributed by atoms with Crippen LogP contribution in [-0.2, 0) is 0 Å². The highest BCUT2D eigenvalue weighted by Crippen LogP contribution is 2.39. The molecule has 0 fully saturated rings. The molecular weight excluding hydrogens is 294 g/mol. The Labute approximate surface area is 134 Å². The van der Waals surface area contributed by atoms with Crippen LogP contribution in [0.4, 0.5) is 5.69 Å². The Morgan fingerprint density at radius 2 is 1.65 bits per heavy atom. The first-order chi connectivity index (χ1) is 11.1. The lowest BCUT2D eigenvalue weighted by molar-refractivity contribution is -0.384. The molecule has 0 saturated carbocycles. The second-order valence-electron chi connectivity index (χ2n) is 4.69. The van der Waals surface area contributed by atoms with Gasteiger partial charge in [-0.1, -0.05) is 25.3 Å². The van der Waals surface area contributed by atoms with Crippen LogP contribution in [0.5, 0.6) is 11.5 Å². The van der Waals surface area contributed by atoms with E-state index in [0.717, 1.165) is 11.1 Å². The zero-order chi connectivity index (χ0) is 17.0. The highest BCUT2D eigenvalue weighted by Gasteiger charge is 2.20. The van der Waals surface area contributed by atoms with E-state index in [4.69, 9.17) is 9.47 Å². The van der Waals surface area contributed by atoms with Crippen LogP contribution < -0.4 is 9.47 Å². The van der Waals surface area contributed by atoms with Crippen LogP contribution in [-0.4, -0.2) is 19.1 Å². The number of benzene rings is 2. The predicted octanol–water partition coefficient (Wildman–Crippen LogP) is 4.57. The van der Waals surface area contributed by atoms with E-state index >= 15 is 0 Å². The molecule has 23 heavy (non-hydrogen) atoms. The molecule has 0 aliphatic rings. The van der Waals surface area contributed by atoms with Gasteiger partial charge in [0.05, 0.1) is 30.8 Å². The number of nitrogens with zero attached hydrogens (tertiary/aromatic N) is 1. The summed E-state index contributed by atoms with van der Waals surface area (Å²) in [6.07, 6.45) is 3.29. The van der Waals surface area contributed by atoms with Crippen LogP contribution in [0.3, 0.4) is 0 Å². The number of nitro benzene ring substituents is 1. The van der Waals surface area contributed by atoms with Crippen molar-refractivity contribution in [1.82, 2.24) is 0 Å². The van der Waals surface area contributed by atoms with Gasteiger partial charge in [-0.3, -0.25) is 10.1 Å². The summed E-state index contributed by atoms with van der Waals surface area (Å²) in [6, 6.07) is 8.29. The van der Waals surface area contributed by atoms with E-state index in [2.05, 4.69) is 13.2 Å². The highest BCUT2D eigenvalue weighted by atomic mass is 16.6. The van der Waals surface area contributed by atoms with Gasteiger partial charge in [-0.2, -0.15) is 0 Å². The molecule has 0 amide bonds. The van der Waals surface area contributed by atoms with Crippen LogP contribution >= 0.6 is 0 Å². The fourth-order valence-electron chi connectivity index (χ4n) is 2.48. The van der Waals surface area contributed by atoms with Crippen molar-refractivity contribution in [3.8, 4) is 22.6 Å². The maximum atomic E-state index is 11.4. The van der Waals surface area contributed by atoms with Crippen molar-refractivity contribution in [1.29, 1.82) is 0 Å². The average Bonchev–Trinajstić information content (AvgIpc) is 2.59. The van der Waals surface area contributed by atoms with Gasteiger partial charge in [0.1, 0.15) is 11.5 Å². The lowest BCUT2D eigenvalue weighted by Crippen LogP contribution is -1.97. The van der Waals surface area contributed by atoms with Crippen molar-refractivity contribution in [2.45, 2.75) is 0 Å². The molecule has 0 aliphatic heterocycles. The summed E-state index contributed by atoms with van der Waals surface area (Å²) in [5.41, 5.74) is 2.60. The normalized spacial score (nSPS) is 10.0. The fraction of sp³-hybridized carbons (Fsp3) is 0.111. The van der Waals surface area contributed by atoms with Gasteiger partial charge in [-0.05, 0) is 35.4 Å². The van der Waals surface area contributed by atoms with Gasteiger partial charge in [-0.25, -0.2) is 0 Å². The summed E-state index contributed by atoms with van der Waals surface area (Å²) in [4.78, 5) is 11.0. The summed E-state index contributed by atoms with van der Waals surface area (Å²) in [6.45, 7) is 7.60. The Morgan fingerprint density at radius 3 is 2.17 bits per heavy atom. The largest absolute Gasteiger partial charge is 0.497 e. The minimum Gasteiger partial charge on any atom is -0.497 e. The lowest BCUT2D eigenvalue weighted by Gasteiger charge is -2.14. The molecule has 0 aromatic heterocycles. The molecule has 5 nitrogen and oxygen atoms in total. The molecule has 0 unspecified atom stereocenters. The molecule has 2 aromatic rings. The van der Waals surface area contributed by atoms with Gasteiger partial charge in [-0.15, -0.1) is 0 Å². The summed E-state index contributed by atoms with van der Waals surface area (Å²) >= 11 is 0. The van der Waals surface area contributed by atoms with Gasteiger partial charge < -0.3 is 9.47 Å². The Hall–Kier alpha value is -3.08. The van der Waals surface area contributed by atoms with Gasteiger partial charge in [0.15, 0.2) is 0 Å². The molecule has 0 spiro atoms. The second kappa shape index (κ2) is 6.79. The SMILES string of the molecule is C=Cc1c(OC)ccc(-c2ccc(OC)cc2[N+](=O)[O-])c1C=C. The number of hydrogen-bond acceptors (Lipinski definition) is 4. The molecule has 5 heteroatoms. The molecule has 0 saturated heterocycles. The third-order valence-electron chi connectivity index (χ3n) is 3.57. The molecule has 0 bridgehead atoms. The molecule has 0 N–H and O–H groups in total. The highest BCUT2D eigenvalue weighted by molar-refractivity contribution is 5.86.